The third-order valence-corrected chi connectivity index (χ3v) is 9.90. The molecular formula is C32H39N5O4S. The molecule has 3 aromatic rings. The summed E-state index contributed by atoms with van der Waals surface area (Å²) in [5, 5.41) is 0. The number of sulfonamides is 1. The molecular weight excluding hydrogens is 550 g/mol. The second kappa shape index (κ2) is 13.1. The highest BCUT2D eigenvalue weighted by molar-refractivity contribution is 7.89. The van der Waals surface area contributed by atoms with E-state index in [1.807, 2.05) is 58.5 Å². The van der Waals surface area contributed by atoms with E-state index in [2.05, 4.69) is 14.6 Å². The predicted octanol–water partition coefficient (Wildman–Crippen LogP) is 3.74. The molecule has 2 atom stereocenters. The second-order valence-corrected chi connectivity index (χ2v) is 13.0. The number of aryl methyl sites for hydroxylation is 1. The van der Waals surface area contributed by atoms with Crippen molar-refractivity contribution >= 4 is 27.5 Å². The molecule has 2 aliphatic heterocycles. The Morgan fingerprint density at radius 2 is 1.69 bits per heavy atom. The topological polar surface area (TPSA) is 103 Å². The number of pyridine rings is 1. The van der Waals surface area contributed by atoms with Crippen LogP contribution in [0.15, 0.2) is 77.8 Å². The molecule has 3 heterocycles. The van der Waals surface area contributed by atoms with Gasteiger partial charge in [-0.15, -0.1) is 0 Å². The summed E-state index contributed by atoms with van der Waals surface area (Å²) in [6.07, 6.45) is 5.45. The predicted molar refractivity (Wildman–Crippen MR) is 162 cm³/mol. The summed E-state index contributed by atoms with van der Waals surface area (Å²) in [6.45, 7) is 3.94. The third kappa shape index (κ3) is 6.88. The van der Waals surface area contributed by atoms with Gasteiger partial charge in [0.25, 0.3) is 0 Å². The van der Waals surface area contributed by atoms with Gasteiger partial charge >= 0.3 is 0 Å². The summed E-state index contributed by atoms with van der Waals surface area (Å²) < 4.78 is 26.5. The van der Waals surface area contributed by atoms with Crippen molar-refractivity contribution in [2.45, 2.75) is 69.1 Å². The maximum Gasteiger partial charge on any atom is 0.240 e. The molecule has 222 valence electrons. The third-order valence-electron chi connectivity index (χ3n) is 8.47. The Kier molecular flexibility index (Phi) is 9.35. The van der Waals surface area contributed by atoms with Gasteiger partial charge < -0.3 is 9.80 Å². The quantitative estimate of drug-likeness (QED) is 0.451. The van der Waals surface area contributed by atoms with Gasteiger partial charge in [-0.05, 0) is 74.2 Å². The van der Waals surface area contributed by atoms with Crippen molar-refractivity contribution in [2.75, 3.05) is 25.0 Å². The van der Waals surface area contributed by atoms with Gasteiger partial charge in [0.1, 0.15) is 0 Å². The number of amides is 2. The van der Waals surface area contributed by atoms with Crippen LogP contribution < -0.4 is 9.62 Å². The number of fused-ring (bicyclic) bond motifs is 3. The molecule has 2 aromatic carbocycles. The first kappa shape index (κ1) is 29.9. The van der Waals surface area contributed by atoms with Gasteiger partial charge in [-0.1, -0.05) is 36.4 Å². The maximum absolute atomic E-state index is 13.9. The molecule has 1 fully saturated rings. The maximum atomic E-state index is 13.9. The van der Waals surface area contributed by atoms with Crippen molar-refractivity contribution in [3.8, 4) is 0 Å². The lowest BCUT2D eigenvalue weighted by molar-refractivity contribution is -0.132. The van der Waals surface area contributed by atoms with Gasteiger partial charge in [-0.25, -0.2) is 13.1 Å². The number of carbonyl (C=O) groups excluding carboxylic acids is 2. The molecule has 0 unspecified atom stereocenters. The molecule has 0 radical (unpaired) electrons. The number of carbonyl (C=O) groups is 2. The average molecular weight is 590 g/mol. The second-order valence-electron chi connectivity index (χ2n) is 11.1. The number of para-hydroxylation sites is 1. The van der Waals surface area contributed by atoms with E-state index in [1.54, 1.807) is 31.2 Å². The van der Waals surface area contributed by atoms with E-state index in [0.717, 1.165) is 41.8 Å². The van der Waals surface area contributed by atoms with Crippen molar-refractivity contribution in [3.63, 3.8) is 0 Å². The number of benzene rings is 2. The molecule has 2 bridgehead atoms. The van der Waals surface area contributed by atoms with Gasteiger partial charge in [0.2, 0.25) is 21.8 Å². The van der Waals surface area contributed by atoms with Crippen LogP contribution in [0.1, 0.15) is 49.4 Å². The minimum atomic E-state index is -3.51. The molecule has 42 heavy (non-hydrogen) atoms. The molecule has 1 saturated heterocycles. The number of nitrogens with one attached hydrogen (secondary N) is 1. The van der Waals surface area contributed by atoms with Gasteiger partial charge in [-0.3, -0.25) is 19.5 Å². The highest BCUT2D eigenvalue weighted by atomic mass is 32.2. The molecule has 5 rings (SSSR count). The van der Waals surface area contributed by atoms with E-state index in [4.69, 9.17) is 0 Å². The summed E-state index contributed by atoms with van der Waals surface area (Å²) in [6, 6.07) is 21.0. The molecule has 10 heteroatoms. The summed E-state index contributed by atoms with van der Waals surface area (Å²) in [4.78, 5) is 37.8. The van der Waals surface area contributed by atoms with Crippen molar-refractivity contribution in [1.82, 2.24) is 19.5 Å². The highest BCUT2D eigenvalue weighted by Crippen LogP contribution is 2.32. The van der Waals surface area contributed by atoms with Crippen molar-refractivity contribution < 1.29 is 18.0 Å². The monoisotopic (exact) mass is 589 g/mol. The Hall–Kier alpha value is -3.60. The first-order valence-electron chi connectivity index (χ1n) is 14.6. The molecule has 1 aromatic heterocycles. The number of nitrogens with zero attached hydrogens (tertiary/aromatic N) is 4. The van der Waals surface area contributed by atoms with Crippen molar-refractivity contribution in [1.29, 1.82) is 0 Å². The van der Waals surface area contributed by atoms with E-state index in [-0.39, 0.29) is 28.8 Å². The Bertz CT molecular complexity index is 1500. The van der Waals surface area contributed by atoms with Crippen LogP contribution in [-0.2, 0) is 39.1 Å². The lowest BCUT2D eigenvalue weighted by atomic mass is 10.1. The first-order valence-corrected chi connectivity index (χ1v) is 16.1. The molecule has 1 N–H and O–H groups in total. The number of aromatic nitrogens is 1. The normalized spacial score (nSPS) is 19.7. The fourth-order valence-corrected chi connectivity index (χ4v) is 6.90. The summed E-state index contributed by atoms with van der Waals surface area (Å²) >= 11 is 0. The van der Waals surface area contributed by atoms with Crippen LogP contribution in [0.4, 0.5) is 5.69 Å². The van der Waals surface area contributed by atoms with E-state index in [1.165, 1.54) is 7.05 Å². The van der Waals surface area contributed by atoms with Gasteiger partial charge in [0, 0.05) is 63.5 Å². The lowest BCUT2D eigenvalue weighted by Crippen LogP contribution is -2.45. The average Bonchev–Trinajstić information content (AvgIpc) is 3.36. The van der Waals surface area contributed by atoms with Crippen LogP contribution in [0, 0.1) is 0 Å². The molecule has 0 spiro atoms. The number of rotatable bonds is 7. The van der Waals surface area contributed by atoms with Crippen molar-refractivity contribution in [2.24, 2.45) is 0 Å². The molecule has 0 aliphatic carbocycles. The van der Waals surface area contributed by atoms with E-state index in [9.17, 15) is 18.0 Å². The molecule has 2 amide bonds. The van der Waals surface area contributed by atoms with E-state index < -0.39 is 10.0 Å². The highest BCUT2D eigenvalue weighted by Gasteiger charge is 2.36. The zero-order valence-electron chi connectivity index (χ0n) is 24.3. The van der Waals surface area contributed by atoms with Crippen LogP contribution in [0.2, 0.25) is 0 Å². The fraction of sp³-hybridized carbons (Fsp3) is 0.406. The smallest absolute Gasteiger partial charge is 0.240 e. The summed E-state index contributed by atoms with van der Waals surface area (Å²) in [7, 11) is -2.13. The van der Waals surface area contributed by atoms with Crippen LogP contribution in [0.25, 0.3) is 0 Å². The lowest BCUT2D eigenvalue weighted by Gasteiger charge is -2.33. The van der Waals surface area contributed by atoms with E-state index in [0.29, 0.717) is 39.0 Å². The molecule has 2 aliphatic rings. The zero-order valence-corrected chi connectivity index (χ0v) is 25.1. The van der Waals surface area contributed by atoms with Crippen LogP contribution in [0.3, 0.4) is 0 Å². The van der Waals surface area contributed by atoms with Crippen LogP contribution >= 0.6 is 0 Å². The number of hydrogen-bond donors (Lipinski definition) is 1. The Morgan fingerprint density at radius 3 is 2.40 bits per heavy atom. The van der Waals surface area contributed by atoms with E-state index >= 15 is 0 Å². The minimum absolute atomic E-state index is 0.00543. The number of anilines is 1. The van der Waals surface area contributed by atoms with Gasteiger partial charge in [0.15, 0.2) is 0 Å². The summed E-state index contributed by atoms with van der Waals surface area (Å²) in [5.74, 6) is 0.0284. The SMILES string of the molecule is CNS(=O)(=O)c1ccc(CCC(=O)N2Cc3ccccc3N(C(C)=O)CC[C@@H]3CC[C@H](C2)N3Cc2ccccn2)cc1. The van der Waals surface area contributed by atoms with Crippen molar-refractivity contribution in [3.05, 3.63) is 89.7 Å². The number of hydrogen-bond acceptors (Lipinski definition) is 6. The minimum Gasteiger partial charge on any atom is -0.337 e. The van der Waals surface area contributed by atoms with Gasteiger partial charge in [0.05, 0.1) is 10.6 Å². The van der Waals surface area contributed by atoms with Gasteiger partial charge in [-0.2, -0.15) is 0 Å². The fourth-order valence-electron chi connectivity index (χ4n) is 6.17. The Balaban J connectivity index is 1.41. The standard InChI is InChI=1S/C32H39N5O4S/c1-24(38)36-20-18-28-13-14-29(37(28)22-27-8-5-6-19-34-27)23-35(21-26-7-3-4-9-31(26)36)32(39)17-12-25-10-15-30(16-11-25)42(40,41)33-2/h3-11,15-16,19,28-29,33H,12-14,17-18,20-23H2,1-2H3/t28-,29+/m0/s1. The Labute approximate surface area is 248 Å². The zero-order chi connectivity index (χ0) is 29.7. The molecule has 9 nitrogen and oxygen atoms in total. The Morgan fingerprint density at radius 1 is 0.952 bits per heavy atom. The molecule has 0 saturated carbocycles. The van der Waals surface area contributed by atoms with Crippen LogP contribution in [0.5, 0.6) is 0 Å². The summed E-state index contributed by atoms with van der Waals surface area (Å²) in [5.41, 5.74) is 3.71. The largest absolute Gasteiger partial charge is 0.337 e. The van der Waals surface area contributed by atoms with Crippen LogP contribution in [-0.4, -0.2) is 67.2 Å². The first-order chi connectivity index (χ1) is 20.2.